The second-order valence-electron chi connectivity index (χ2n) is 6.57. The summed E-state index contributed by atoms with van der Waals surface area (Å²) in [5.41, 5.74) is 0.471. The van der Waals surface area contributed by atoms with E-state index in [0.717, 1.165) is 0 Å². The maximum absolute atomic E-state index is 13.6. The van der Waals surface area contributed by atoms with Gasteiger partial charge in [-0.3, -0.25) is 9.69 Å². The second-order valence-corrected chi connectivity index (χ2v) is 6.98. The Labute approximate surface area is 145 Å². The van der Waals surface area contributed by atoms with Crippen LogP contribution in [0.2, 0.25) is 5.02 Å². The zero-order valence-electron chi connectivity index (χ0n) is 13.3. The maximum Gasteiger partial charge on any atom is 0.262 e. The number of piperidine rings is 1. The molecule has 3 rings (SSSR count). The first-order chi connectivity index (χ1) is 11.4. The number of benzene rings is 1. The third-order valence-electron chi connectivity index (χ3n) is 4.95. The molecule has 2 heterocycles. The topological polar surface area (TPSA) is 43.8 Å². The number of aliphatic hydroxyl groups is 1. The summed E-state index contributed by atoms with van der Waals surface area (Å²) in [5, 5.41) is 9.79. The average Bonchev–Trinajstić information content (AvgIpc) is 2.90. The molecule has 1 amide bonds. The highest BCUT2D eigenvalue weighted by atomic mass is 35.5. The monoisotopic (exact) mass is 358 g/mol. The van der Waals surface area contributed by atoms with Gasteiger partial charge in [0, 0.05) is 31.6 Å². The fourth-order valence-corrected chi connectivity index (χ4v) is 3.94. The number of hydrogen-bond acceptors (Lipinski definition) is 3. The van der Waals surface area contributed by atoms with Crippen LogP contribution in [0.5, 0.6) is 0 Å². The van der Waals surface area contributed by atoms with Crippen LogP contribution in [-0.2, 0) is 0 Å². The molecule has 0 radical (unpaired) electrons. The minimum absolute atomic E-state index is 0.0224. The Morgan fingerprint density at radius 1 is 1.29 bits per heavy atom. The summed E-state index contributed by atoms with van der Waals surface area (Å²) >= 11 is 6.07. The molecule has 1 aromatic rings. The first-order valence-electron chi connectivity index (χ1n) is 8.19. The summed E-state index contributed by atoms with van der Waals surface area (Å²) < 4.78 is 27.3. The van der Waals surface area contributed by atoms with Gasteiger partial charge in [-0.25, -0.2) is 8.78 Å². The number of nitrogens with zero attached hydrogens (tertiary/aromatic N) is 2. The van der Waals surface area contributed by atoms with Crippen LogP contribution in [0.1, 0.15) is 29.6 Å². The predicted molar refractivity (Wildman–Crippen MR) is 87.5 cm³/mol. The van der Waals surface area contributed by atoms with Crippen molar-refractivity contribution in [3.05, 3.63) is 34.9 Å². The second kappa shape index (κ2) is 6.94. The Bertz CT molecular complexity index is 606. The molecule has 0 bridgehead atoms. The number of amides is 1. The molecule has 1 N–H and O–H groups in total. The van der Waals surface area contributed by atoms with Crippen molar-refractivity contribution in [3.63, 3.8) is 0 Å². The number of aliphatic hydroxyl groups excluding tert-OH is 1. The van der Waals surface area contributed by atoms with Crippen LogP contribution in [0.15, 0.2) is 24.3 Å². The Kier molecular flexibility index (Phi) is 5.08. The first kappa shape index (κ1) is 17.6. The van der Waals surface area contributed by atoms with Crippen molar-refractivity contribution in [1.82, 2.24) is 9.80 Å². The first-order valence-corrected chi connectivity index (χ1v) is 8.57. The highest BCUT2D eigenvalue weighted by Gasteiger charge is 2.47. The van der Waals surface area contributed by atoms with Crippen LogP contribution in [0.25, 0.3) is 0 Å². The SMILES string of the molecule is O=C(c1ccccc1Cl)N1CCC(N2CC(F)(F)C[C@H]2CO)CC1. The van der Waals surface area contributed by atoms with Crippen LogP contribution in [0.3, 0.4) is 0 Å². The van der Waals surface area contributed by atoms with Gasteiger partial charge in [0.05, 0.1) is 23.7 Å². The van der Waals surface area contributed by atoms with Crippen molar-refractivity contribution >= 4 is 17.5 Å². The van der Waals surface area contributed by atoms with Crippen molar-refractivity contribution in [2.45, 2.75) is 37.3 Å². The van der Waals surface area contributed by atoms with Gasteiger partial charge in [-0.15, -0.1) is 0 Å². The number of rotatable bonds is 3. The van der Waals surface area contributed by atoms with Crippen LogP contribution >= 0.6 is 11.6 Å². The van der Waals surface area contributed by atoms with Gasteiger partial charge in [0.2, 0.25) is 0 Å². The van der Waals surface area contributed by atoms with Crippen LogP contribution in [0, 0.1) is 0 Å². The zero-order valence-corrected chi connectivity index (χ0v) is 14.1. The molecule has 0 aromatic heterocycles. The highest BCUT2D eigenvalue weighted by molar-refractivity contribution is 6.33. The molecule has 132 valence electrons. The van der Waals surface area contributed by atoms with Gasteiger partial charge >= 0.3 is 0 Å². The molecule has 0 spiro atoms. The summed E-state index contributed by atoms with van der Waals surface area (Å²) in [6.07, 6.45) is 0.966. The zero-order chi connectivity index (χ0) is 17.3. The van der Waals surface area contributed by atoms with Gasteiger partial charge in [0.15, 0.2) is 0 Å². The summed E-state index contributed by atoms with van der Waals surface area (Å²) in [6.45, 7) is 0.458. The minimum Gasteiger partial charge on any atom is -0.395 e. The molecule has 2 fully saturated rings. The lowest BCUT2D eigenvalue weighted by Gasteiger charge is -2.38. The highest BCUT2D eigenvalue weighted by Crippen LogP contribution is 2.35. The molecule has 1 atom stereocenters. The molecule has 2 saturated heterocycles. The molecule has 0 aliphatic carbocycles. The molecule has 2 aliphatic rings. The van der Waals surface area contributed by atoms with Gasteiger partial charge in [0.25, 0.3) is 11.8 Å². The number of halogens is 3. The summed E-state index contributed by atoms with van der Waals surface area (Å²) in [5.74, 6) is -2.86. The van der Waals surface area contributed by atoms with Gasteiger partial charge in [-0.2, -0.15) is 0 Å². The number of carbonyl (C=O) groups is 1. The molecule has 24 heavy (non-hydrogen) atoms. The molecule has 0 saturated carbocycles. The van der Waals surface area contributed by atoms with Crippen molar-refractivity contribution in [3.8, 4) is 0 Å². The van der Waals surface area contributed by atoms with E-state index in [0.29, 0.717) is 36.5 Å². The van der Waals surface area contributed by atoms with E-state index in [-0.39, 0.29) is 31.5 Å². The Morgan fingerprint density at radius 3 is 2.58 bits per heavy atom. The van der Waals surface area contributed by atoms with Gasteiger partial charge in [-0.1, -0.05) is 23.7 Å². The lowest BCUT2D eigenvalue weighted by molar-refractivity contribution is 0.00296. The lowest BCUT2D eigenvalue weighted by Crippen LogP contribution is -2.49. The predicted octanol–water partition coefficient (Wildman–Crippen LogP) is 2.65. The van der Waals surface area contributed by atoms with Gasteiger partial charge in [-0.05, 0) is 25.0 Å². The fraction of sp³-hybridized carbons (Fsp3) is 0.588. The van der Waals surface area contributed by atoms with Crippen molar-refractivity contribution in [1.29, 1.82) is 0 Å². The van der Waals surface area contributed by atoms with E-state index in [2.05, 4.69) is 0 Å². The Hall–Kier alpha value is -1.24. The van der Waals surface area contributed by atoms with E-state index < -0.39 is 12.0 Å². The van der Waals surface area contributed by atoms with E-state index in [1.807, 2.05) is 0 Å². The standard InChI is InChI=1S/C17H21ClF2N2O2/c18-15-4-2-1-3-14(15)16(24)21-7-5-12(6-8-21)22-11-17(19,20)9-13(22)10-23/h1-4,12-13,23H,5-11H2/t13-/m0/s1. The van der Waals surface area contributed by atoms with E-state index in [1.165, 1.54) is 0 Å². The van der Waals surface area contributed by atoms with E-state index >= 15 is 0 Å². The summed E-state index contributed by atoms with van der Waals surface area (Å²) in [4.78, 5) is 16.0. The van der Waals surface area contributed by atoms with Crippen LogP contribution in [-0.4, -0.2) is 65.1 Å². The molecular formula is C17H21ClF2N2O2. The van der Waals surface area contributed by atoms with E-state index in [1.54, 1.807) is 34.1 Å². The van der Waals surface area contributed by atoms with Gasteiger partial charge < -0.3 is 10.0 Å². The largest absolute Gasteiger partial charge is 0.395 e. The van der Waals surface area contributed by atoms with Gasteiger partial charge in [0.1, 0.15) is 0 Å². The fourth-order valence-electron chi connectivity index (χ4n) is 3.72. The third kappa shape index (κ3) is 3.55. The van der Waals surface area contributed by atoms with Crippen molar-refractivity contribution in [2.75, 3.05) is 26.2 Å². The van der Waals surface area contributed by atoms with Crippen LogP contribution < -0.4 is 0 Å². The molecule has 0 unspecified atom stereocenters. The number of likely N-dealkylation sites (tertiary alicyclic amines) is 2. The normalized spacial score (nSPS) is 25.2. The maximum atomic E-state index is 13.6. The Morgan fingerprint density at radius 2 is 1.96 bits per heavy atom. The molecule has 7 heteroatoms. The number of carbonyl (C=O) groups excluding carboxylic acids is 1. The molecular weight excluding hydrogens is 338 g/mol. The quantitative estimate of drug-likeness (QED) is 0.903. The third-order valence-corrected chi connectivity index (χ3v) is 5.28. The summed E-state index contributed by atoms with van der Waals surface area (Å²) in [6, 6.07) is 6.40. The average molecular weight is 359 g/mol. The smallest absolute Gasteiger partial charge is 0.262 e. The number of alkyl halides is 2. The molecule has 2 aliphatic heterocycles. The summed E-state index contributed by atoms with van der Waals surface area (Å²) in [7, 11) is 0. The van der Waals surface area contributed by atoms with E-state index in [4.69, 9.17) is 11.6 Å². The molecule has 1 aromatic carbocycles. The number of hydrogen-bond donors (Lipinski definition) is 1. The minimum atomic E-state index is -2.74. The van der Waals surface area contributed by atoms with E-state index in [9.17, 15) is 18.7 Å². The lowest BCUT2D eigenvalue weighted by atomic mass is 10.0. The van der Waals surface area contributed by atoms with Crippen molar-refractivity contribution < 1.29 is 18.7 Å². The van der Waals surface area contributed by atoms with Crippen LogP contribution in [0.4, 0.5) is 8.78 Å². The van der Waals surface area contributed by atoms with Crippen molar-refractivity contribution in [2.24, 2.45) is 0 Å². The molecule has 4 nitrogen and oxygen atoms in total. The Balaban J connectivity index is 1.62.